The van der Waals surface area contributed by atoms with Crippen LogP contribution in [-0.2, 0) is 18.2 Å². The Morgan fingerprint density at radius 3 is 1.80 bits per heavy atom. The van der Waals surface area contributed by atoms with E-state index in [0.717, 1.165) is 23.9 Å². The number of ether oxygens (including phenoxy) is 1. The summed E-state index contributed by atoms with van der Waals surface area (Å²) >= 11 is 0. The molecule has 0 radical (unpaired) electrons. The van der Waals surface area contributed by atoms with Crippen molar-refractivity contribution >= 4 is 40.0 Å². The van der Waals surface area contributed by atoms with Gasteiger partial charge in [0.25, 0.3) is 0 Å². The molecule has 3 nitrogen and oxygen atoms in total. The fourth-order valence-corrected chi connectivity index (χ4v) is 10.5. The van der Waals surface area contributed by atoms with E-state index in [1.165, 1.54) is 38.0 Å². The standard InChI is InChI=1S/C37H40NO2P/c1-6-40-37(39)36-33(35-29(4)28(3)27(2)26-34(35)38(36)5)24-16-17-25-41(30-18-10-7-11-19-30,31-20-12-8-13-21-31)32-22-14-9-15-23-32/h7-15,17-23,25-26,41H,6,16,24H2,1-5H3. The van der Waals surface area contributed by atoms with E-state index in [4.69, 9.17) is 4.74 Å². The Balaban J connectivity index is 1.62. The van der Waals surface area contributed by atoms with Crippen LogP contribution in [0.25, 0.3) is 10.9 Å². The molecule has 41 heavy (non-hydrogen) atoms. The van der Waals surface area contributed by atoms with Gasteiger partial charge in [-0.2, -0.15) is 0 Å². The second-order valence-corrected chi connectivity index (χ2v) is 14.5. The van der Waals surface area contributed by atoms with Crippen molar-refractivity contribution < 1.29 is 9.53 Å². The summed E-state index contributed by atoms with van der Waals surface area (Å²) in [6.45, 7) is 8.71. The summed E-state index contributed by atoms with van der Waals surface area (Å²) in [6, 6.07) is 35.0. The number of nitrogens with zero attached hydrogens (tertiary/aromatic N) is 1. The van der Waals surface area contributed by atoms with Crippen molar-refractivity contribution in [2.24, 2.45) is 7.05 Å². The predicted molar refractivity (Wildman–Crippen MR) is 177 cm³/mol. The minimum absolute atomic E-state index is 0.249. The molecule has 0 spiro atoms. The summed E-state index contributed by atoms with van der Waals surface area (Å²) in [7, 11) is -0.477. The minimum atomic E-state index is -2.46. The van der Waals surface area contributed by atoms with E-state index in [9.17, 15) is 4.79 Å². The summed E-state index contributed by atoms with van der Waals surface area (Å²) in [4.78, 5) is 13.2. The third-order valence-corrected chi connectivity index (χ3v) is 13.0. The van der Waals surface area contributed by atoms with Crippen LogP contribution in [0.1, 0.15) is 46.1 Å². The topological polar surface area (TPSA) is 31.2 Å². The number of aryl methyl sites for hydroxylation is 4. The SMILES string of the molecule is CCOC(=O)c1c(CCC=C[PH](c2ccccc2)(c2ccccc2)c2ccccc2)c2c(C)c(C)c(C)cc2n1C. The number of fused-ring (bicyclic) bond motifs is 1. The zero-order valence-corrected chi connectivity index (χ0v) is 25.8. The van der Waals surface area contributed by atoms with Crippen LogP contribution in [-0.4, -0.2) is 17.1 Å². The molecule has 1 aromatic heterocycles. The molecule has 0 atom stereocenters. The first-order valence-corrected chi connectivity index (χ1v) is 16.6. The van der Waals surface area contributed by atoms with Gasteiger partial charge in [0.2, 0.25) is 0 Å². The fourth-order valence-electron chi connectivity index (χ4n) is 6.23. The van der Waals surface area contributed by atoms with Gasteiger partial charge in [0.15, 0.2) is 0 Å². The van der Waals surface area contributed by atoms with Gasteiger partial charge in [0.1, 0.15) is 0 Å². The quantitative estimate of drug-likeness (QED) is 0.138. The molecule has 210 valence electrons. The van der Waals surface area contributed by atoms with Crippen molar-refractivity contribution in [3.63, 3.8) is 0 Å². The molecular weight excluding hydrogens is 521 g/mol. The Labute approximate surface area is 244 Å². The third-order valence-electron chi connectivity index (χ3n) is 8.51. The van der Waals surface area contributed by atoms with Crippen LogP contribution in [0.2, 0.25) is 0 Å². The van der Waals surface area contributed by atoms with Crippen LogP contribution in [0, 0.1) is 20.8 Å². The molecule has 0 aliphatic carbocycles. The predicted octanol–water partition coefficient (Wildman–Crippen LogP) is 7.45. The van der Waals surface area contributed by atoms with Crippen molar-refractivity contribution in [1.82, 2.24) is 4.57 Å². The molecular formula is C37H40NO2P. The summed E-state index contributed by atoms with van der Waals surface area (Å²) in [6.07, 6.45) is 3.93. The Kier molecular flexibility index (Phi) is 8.57. The molecule has 0 amide bonds. The summed E-state index contributed by atoms with van der Waals surface area (Å²) in [5.41, 5.74) is 6.60. The molecule has 5 rings (SSSR count). The molecule has 0 N–H and O–H groups in total. The van der Waals surface area contributed by atoms with E-state index in [2.05, 4.69) is 130 Å². The van der Waals surface area contributed by atoms with Crippen LogP contribution in [0.3, 0.4) is 0 Å². The van der Waals surface area contributed by atoms with E-state index < -0.39 is 7.26 Å². The van der Waals surface area contributed by atoms with Gasteiger partial charge in [-0.3, -0.25) is 0 Å². The zero-order valence-electron chi connectivity index (χ0n) is 24.8. The number of allylic oxidation sites excluding steroid dienone is 1. The molecule has 0 aliphatic heterocycles. The summed E-state index contributed by atoms with van der Waals surface area (Å²) < 4.78 is 7.57. The van der Waals surface area contributed by atoms with Gasteiger partial charge in [0.05, 0.1) is 0 Å². The second kappa shape index (κ2) is 12.3. The average molecular weight is 562 g/mol. The monoisotopic (exact) mass is 561 g/mol. The molecule has 0 saturated heterocycles. The summed E-state index contributed by atoms with van der Waals surface area (Å²) in [5.74, 6) is 2.24. The molecule has 4 heteroatoms. The maximum absolute atomic E-state index is 13.2. The molecule has 0 fully saturated rings. The number of benzene rings is 4. The number of hydrogen-bond donors (Lipinski definition) is 0. The normalized spacial score (nSPS) is 12.2. The zero-order chi connectivity index (χ0) is 29.0. The van der Waals surface area contributed by atoms with Gasteiger partial charge in [0, 0.05) is 0 Å². The Morgan fingerprint density at radius 2 is 1.32 bits per heavy atom. The Bertz CT molecular complexity index is 1590. The molecule has 0 aliphatic rings. The van der Waals surface area contributed by atoms with Gasteiger partial charge in [-0.15, -0.1) is 0 Å². The third kappa shape index (κ3) is 5.27. The van der Waals surface area contributed by atoms with Gasteiger partial charge >= 0.3 is 245 Å². The van der Waals surface area contributed by atoms with Crippen LogP contribution in [0.4, 0.5) is 0 Å². The number of aromatic nitrogens is 1. The van der Waals surface area contributed by atoms with Crippen LogP contribution < -0.4 is 15.9 Å². The second-order valence-electron chi connectivity index (χ2n) is 10.8. The van der Waals surface area contributed by atoms with Gasteiger partial charge < -0.3 is 0 Å². The van der Waals surface area contributed by atoms with E-state index in [-0.39, 0.29) is 5.97 Å². The van der Waals surface area contributed by atoms with Gasteiger partial charge in [-0.05, 0) is 0 Å². The van der Waals surface area contributed by atoms with Crippen molar-refractivity contribution in [3.05, 3.63) is 137 Å². The average Bonchev–Trinajstić information content (AvgIpc) is 3.28. The van der Waals surface area contributed by atoms with Crippen molar-refractivity contribution in [3.8, 4) is 0 Å². The molecule has 5 aromatic rings. The van der Waals surface area contributed by atoms with Crippen molar-refractivity contribution in [1.29, 1.82) is 0 Å². The van der Waals surface area contributed by atoms with E-state index in [0.29, 0.717) is 12.3 Å². The van der Waals surface area contributed by atoms with E-state index in [1.807, 2.05) is 18.5 Å². The van der Waals surface area contributed by atoms with Crippen LogP contribution >= 0.6 is 7.26 Å². The van der Waals surface area contributed by atoms with Crippen LogP contribution in [0.5, 0.6) is 0 Å². The molecule has 0 bridgehead atoms. The van der Waals surface area contributed by atoms with Crippen LogP contribution in [0.15, 0.2) is 109 Å². The Morgan fingerprint density at radius 1 is 0.805 bits per heavy atom. The number of esters is 1. The van der Waals surface area contributed by atoms with E-state index >= 15 is 0 Å². The summed E-state index contributed by atoms with van der Waals surface area (Å²) in [5, 5.41) is 5.25. The number of hydrogen-bond acceptors (Lipinski definition) is 2. The molecule has 4 aromatic carbocycles. The van der Waals surface area contributed by atoms with Gasteiger partial charge in [-0.1, -0.05) is 0 Å². The first kappa shape index (κ1) is 28.6. The van der Waals surface area contributed by atoms with Crippen molar-refractivity contribution in [2.45, 2.75) is 40.5 Å². The Hall–Kier alpha value is -3.94. The molecule has 1 heterocycles. The van der Waals surface area contributed by atoms with E-state index in [1.54, 1.807) is 0 Å². The first-order chi connectivity index (χ1) is 19.9. The molecule has 0 saturated carbocycles. The maximum atomic E-state index is 13.2. The fraction of sp³-hybridized carbons (Fsp3) is 0.216. The number of carbonyl (C=O) groups excluding carboxylic acids is 1. The molecule has 0 unspecified atom stereocenters. The van der Waals surface area contributed by atoms with Gasteiger partial charge in [-0.25, -0.2) is 0 Å². The number of rotatable bonds is 9. The number of carbonyl (C=O) groups is 1. The van der Waals surface area contributed by atoms with Crippen molar-refractivity contribution in [2.75, 3.05) is 6.61 Å². The first-order valence-electron chi connectivity index (χ1n) is 14.5.